The number of esters is 1. The molecule has 0 atom stereocenters. The summed E-state index contributed by atoms with van der Waals surface area (Å²) in [6, 6.07) is 9.53. The van der Waals surface area contributed by atoms with E-state index in [1.165, 1.54) is 19.9 Å². The average Bonchev–Trinajstić information content (AvgIpc) is 3.06. The Morgan fingerprint density at radius 3 is 2.59 bits per heavy atom. The SMILES string of the molecule is CN=C(NCc1ccc(OC)c(C(=O)OC)c1)N(C)Cc1cccn1C.I. The molecule has 1 aromatic carbocycles. The molecule has 0 aliphatic rings. The summed E-state index contributed by atoms with van der Waals surface area (Å²) in [6.07, 6.45) is 2.02. The van der Waals surface area contributed by atoms with Crippen molar-refractivity contribution in [2.45, 2.75) is 13.1 Å². The Morgan fingerprint density at radius 2 is 2.04 bits per heavy atom. The number of nitrogens with one attached hydrogen (secondary N) is 1. The summed E-state index contributed by atoms with van der Waals surface area (Å²) >= 11 is 0. The molecule has 2 aromatic rings. The van der Waals surface area contributed by atoms with Crippen molar-refractivity contribution in [1.82, 2.24) is 14.8 Å². The maximum Gasteiger partial charge on any atom is 0.341 e. The zero-order chi connectivity index (χ0) is 19.1. The second-order valence-corrected chi connectivity index (χ2v) is 5.89. The van der Waals surface area contributed by atoms with Gasteiger partial charge in [0, 0.05) is 39.6 Å². The fraction of sp³-hybridized carbons (Fsp3) is 0.368. The number of aromatic nitrogens is 1. The molecular formula is C19H27IN4O3. The third-order valence-corrected chi connectivity index (χ3v) is 4.14. The van der Waals surface area contributed by atoms with Crippen molar-refractivity contribution in [3.05, 3.63) is 53.3 Å². The van der Waals surface area contributed by atoms with Gasteiger partial charge in [0.2, 0.25) is 0 Å². The smallest absolute Gasteiger partial charge is 0.341 e. The van der Waals surface area contributed by atoms with Crippen molar-refractivity contribution in [2.75, 3.05) is 28.3 Å². The maximum absolute atomic E-state index is 11.9. The molecule has 1 heterocycles. The van der Waals surface area contributed by atoms with Gasteiger partial charge in [-0.15, -0.1) is 24.0 Å². The van der Waals surface area contributed by atoms with Crippen molar-refractivity contribution in [1.29, 1.82) is 0 Å². The summed E-state index contributed by atoms with van der Waals surface area (Å²) in [7, 11) is 8.63. The standard InChI is InChI=1S/C19H26N4O3.HI/c1-20-19(23(3)13-15-7-6-10-22(15)2)21-12-14-8-9-17(25-4)16(11-14)18(24)26-5;/h6-11H,12-13H2,1-5H3,(H,20,21);1H. The van der Waals surface area contributed by atoms with Crippen LogP contribution in [0.5, 0.6) is 5.75 Å². The van der Waals surface area contributed by atoms with E-state index in [-0.39, 0.29) is 24.0 Å². The Balaban J connectivity index is 0.00000364. The summed E-state index contributed by atoms with van der Waals surface area (Å²) in [5.41, 5.74) is 2.52. The molecule has 0 saturated carbocycles. The molecule has 8 heteroatoms. The highest BCUT2D eigenvalue weighted by Crippen LogP contribution is 2.20. The van der Waals surface area contributed by atoms with Gasteiger partial charge in [-0.3, -0.25) is 4.99 Å². The molecule has 0 fully saturated rings. The number of ether oxygens (including phenoxy) is 2. The van der Waals surface area contributed by atoms with Crippen molar-refractivity contribution in [3.63, 3.8) is 0 Å². The van der Waals surface area contributed by atoms with Crippen LogP contribution in [0.1, 0.15) is 21.6 Å². The van der Waals surface area contributed by atoms with Crippen molar-refractivity contribution >= 4 is 35.9 Å². The Kier molecular flexibility index (Phi) is 9.13. The molecule has 0 radical (unpaired) electrons. The third kappa shape index (κ3) is 5.88. The van der Waals surface area contributed by atoms with Gasteiger partial charge < -0.3 is 24.3 Å². The number of nitrogens with zero attached hydrogens (tertiary/aromatic N) is 3. The number of benzene rings is 1. The lowest BCUT2D eigenvalue weighted by molar-refractivity contribution is 0.0597. The third-order valence-electron chi connectivity index (χ3n) is 4.14. The largest absolute Gasteiger partial charge is 0.496 e. The minimum Gasteiger partial charge on any atom is -0.496 e. The van der Waals surface area contributed by atoms with Crippen LogP contribution < -0.4 is 10.1 Å². The Hall–Kier alpha value is -2.23. The van der Waals surface area contributed by atoms with E-state index in [0.717, 1.165) is 18.1 Å². The number of hydrogen-bond donors (Lipinski definition) is 1. The molecular weight excluding hydrogens is 459 g/mol. The summed E-state index contributed by atoms with van der Waals surface area (Å²) < 4.78 is 12.1. The lowest BCUT2D eigenvalue weighted by Crippen LogP contribution is -2.38. The number of methoxy groups -OCH3 is 2. The summed E-state index contributed by atoms with van der Waals surface area (Å²) in [4.78, 5) is 18.3. The highest BCUT2D eigenvalue weighted by molar-refractivity contribution is 14.0. The predicted octanol–water partition coefficient (Wildman–Crippen LogP) is 2.65. The van der Waals surface area contributed by atoms with Gasteiger partial charge in [0.1, 0.15) is 11.3 Å². The van der Waals surface area contributed by atoms with Crippen molar-refractivity contribution < 1.29 is 14.3 Å². The van der Waals surface area contributed by atoms with E-state index in [1.807, 2.05) is 37.3 Å². The molecule has 0 saturated heterocycles. The van der Waals surface area contributed by atoms with E-state index < -0.39 is 5.97 Å². The Labute approximate surface area is 177 Å². The molecule has 27 heavy (non-hydrogen) atoms. The summed E-state index contributed by atoms with van der Waals surface area (Å²) in [6.45, 7) is 1.26. The van der Waals surface area contributed by atoms with Crippen LogP contribution in [0.4, 0.5) is 0 Å². The molecule has 7 nitrogen and oxygen atoms in total. The van der Waals surface area contributed by atoms with Gasteiger partial charge in [0.25, 0.3) is 0 Å². The number of guanidine groups is 1. The molecule has 0 aliphatic carbocycles. The molecule has 2 rings (SSSR count). The molecule has 1 aromatic heterocycles. The first kappa shape index (κ1) is 22.8. The zero-order valence-electron chi connectivity index (χ0n) is 16.4. The van der Waals surface area contributed by atoms with E-state index >= 15 is 0 Å². The monoisotopic (exact) mass is 486 g/mol. The fourth-order valence-corrected chi connectivity index (χ4v) is 2.68. The van der Waals surface area contributed by atoms with Gasteiger partial charge >= 0.3 is 5.97 Å². The summed E-state index contributed by atoms with van der Waals surface area (Å²) in [5.74, 6) is 0.835. The number of halogens is 1. The van der Waals surface area contributed by atoms with Gasteiger partial charge in [-0.05, 0) is 29.8 Å². The first-order valence-corrected chi connectivity index (χ1v) is 8.27. The first-order chi connectivity index (χ1) is 12.5. The lowest BCUT2D eigenvalue weighted by atomic mass is 10.1. The van der Waals surface area contributed by atoms with Gasteiger partial charge in [-0.1, -0.05) is 6.07 Å². The highest BCUT2D eigenvalue weighted by Gasteiger charge is 2.14. The van der Waals surface area contributed by atoms with E-state index in [4.69, 9.17) is 9.47 Å². The van der Waals surface area contributed by atoms with Gasteiger partial charge in [-0.25, -0.2) is 4.79 Å². The van der Waals surface area contributed by atoms with Crippen molar-refractivity contribution in [3.8, 4) is 5.75 Å². The number of rotatable bonds is 6. The zero-order valence-corrected chi connectivity index (χ0v) is 18.7. The van der Waals surface area contributed by atoms with Crippen LogP contribution in [0.3, 0.4) is 0 Å². The number of hydrogen-bond acceptors (Lipinski definition) is 4. The summed E-state index contributed by atoms with van der Waals surface area (Å²) in [5, 5.41) is 3.31. The van der Waals surface area contributed by atoms with E-state index in [9.17, 15) is 4.79 Å². The quantitative estimate of drug-likeness (QED) is 0.295. The molecule has 1 N–H and O–H groups in total. The maximum atomic E-state index is 11.9. The van der Waals surface area contributed by atoms with Crippen LogP contribution >= 0.6 is 24.0 Å². The number of carbonyl (C=O) groups excluding carboxylic acids is 1. The number of aryl methyl sites for hydroxylation is 1. The fourth-order valence-electron chi connectivity index (χ4n) is 2.68. The predicted molar refractivity (Wildman–Crippen MR) is 117 cm³/mol. The van der Waals surface area contributed by atoms with E-state index in [1.54, 1.807) is 19.2 Å². The van der Waals surface area contributed by atoms with E-state index in [0.29, 0.717) is 17.9 Å². The van der Waals surface area contributed by atoms with Gasteiger partial charge in [0.05, 0.1) is 20.8 Å². The average molecular weight is 486 g/mol. The molecule has 0 unspecified atom stereocenters. The molecule has 0 bridgehead atoms. The molecule has 148 valence electrons. The topological polar surface area (TPSA) is 68.1 Å². The van der Waals surface area contributed by atoms with Crippen LogP contribution in [0.15, 0.2) is 41.5 Å². The molecule has 0 aliphatic heterocycles. The van der Waals surface area contributed by atoms with Crippen LogP contribution in [-0.4, -0.2) is 49.7 Å². The second kappa shape index (κ2) is 10.8. The normalized spacial score (nSPS) is 10.8. The number of carbonyl (C=O) groups is 1. The molecule has 0 spiro atoms. The Bertz CT molecular complexity index is 789. The highest BCUT2D eigenvalue weighted by atomic mass is 127. The lowest BCUT2D eigenvalue weighted by Gasteiger charge is -2.22. The van der Waals surface area contributed by atoms with E-state index in [2.05, 4.69) is 20.9 Å². The van der Waals surface area contributed by atoms with Crippen molar-refractivity contribution in [2.24, 2.45) is 12.0 Å². The van der Waals surface area contributed by atoms with Crippen LogP contribution in [0.2, 0.25) is 0 Å². The van der Waals surface area contributed by atoms with Crippen LogP contribution in [-0.2, 0) is 24.9 Å². The Morgan fingerprint density at radius 1 is 1.30 bits per heavy atom. The minimum atomic E-state index is -0.422. The molecule has 0 amide bonds. The van der Waals surface area contributed by atoms with Crippen LogP contribution in [0, 0.1) is 0 Å². The van der Waals surface area contributed by atoms with Crippen LogP contribution in [0.25, 0.3) is 0 Å². The number of aliphatic imine (C=N–C) groups is 1. The van der Waals surface area contributed by atoms with Gasteiger partial charge in [0.15, 0.2) is 5.96 Å². The second-order valence-electron chi connectivity index (χ2n) is 5.89. The first-order valence-electron chi connectivity index (χ1n) is 8.27. The van der Waals surface area contributed by atoms with Gasteiger partial charge in [-0.2, -0.15) is 0 Å². The minimum absolute atomic E-state index is 0.